The van der Waals surface area contributed by atoms with Crippen molar-refractivity contribution in [2.45, 2.75) is 19.4 Å². The minimum absolute atomic E-state index is 0.247. The van der Waals surface area contributed by atoms with Crippen LogP contribution >= 0.6 is 11.6 Å². The first-order valence-electron chi connectivity index (χ1n) is 6.99. The van der Waals surface area contributed by atoms with Gasteiger partial charge in [-0.25, -0.2) is 0 Å². The largest absolute Gasteiger partial charge is 0.378 e. The van der Waals surface area contributed by atoms with Crippen LogP contribution < -0.4 is 5.32 Å². The second-order valence-corrected chi connectivity index (χ2v) is 5.35. The highest BCUT2D eigenvalue weighted by Gasteiger charge is 2.09. The first kappa shape index (κ1) is 13.8. The Bertz CT molecular complexity index is 740. The normalized spacial score (nSPS) is 12.3. The molecule has 1 unspecified atom stereocenters. The molecule has 3 aromatic rings. The zero-order chi connectivity index (χ0) is 14.7. The first-order chi connectivity index (χ1) is 10.3. The molecule has 0 radical (unpaired) electrons. The summed E-state index contributed by atoms with van der Waals surface area (Å²) in [6.45, 7) is 2.16. The summed E-state index contributed by atoms with van der Waals surface area (Å²) in [5, 5.41) is 4.30. The summed E-state index contributed by atoms with van der Waals surface area (Å²) in [6.07, 6.45) is 4.40. The summed E-state index contributed by atoms with van der Waals surface area (Å²) in [5.41, 5.74) is 4.07. The Morgan fingerprint density at radius 2 is 1.71 bits per heavy atom. The van der Waals surface area contributed by atoms with Crippen LogP contribution in [0.5, 0.6) is 0 Å². The summed E-state index contributed by atoms with van der Waals surface area (Å²) in [7, 11) is 0. The van der Waals surface area contributed by atoms with Gasteiger partial charge in [0.2, 0.25) is 0 Å². The van der Waals surface area contributed by atoms with E-state index in [2.05, 4.69) is 34.3 Å². The van der Waals surface area contributed by atoms with Gasteiger partial charge in [-0.05, 0) is 42.3 Å². The smallest absolute Gasteiger partial charge is 0.0907 e. The predicted molar refractivity (Wildman–Crippen MR) is 87.6 cm³/mol. The lowest BCUT2D eigenvalue weighted by atomic mass is 10.0. The van der Waals surface area contributed by atoms with Crippen molar-refractivity contribution in [2.24, 2.45) is 0 Å². The lowest BCUT2D eigenvalue weighted by molar-refractivity contribution is 0.749. The Morgan fingerprint density at radius 1 is 1.00 bits per heavy atom. The Kier molecular flexibility index (Phi) is 4.02. The van der Waals surface area contributed by atoms with Crippen molar-refractivity contribution in [1.29, 1.82) is 0 Å². The molecule has 0 aliphatic heterocycles. The molecule has 0 saturated heterocycles. The minimum atomic E-state index is 0.247. The Balaban J connectivity index is 1.86. The van der Waals surface area contributed by atoms with Gasteiger partial charge in [-0.3, -0.25) is 9.97 Å². The fourth-order valence-corrected chi connectivity index (χ4v) is 2.50. The third-order valence-corrected chi connectivity index (χ3v) is 3.74. The number of nitrogens with zero attached hydrogens (tertiary/aromatic N) is 2. The molecule has 106 valence electrons. The van der Waals surface area contributed by atoms with Crippen molar-refractivity contribution >= 4 is 28.3 Å². The molecule has 0 bridgehead atoms. The highest BCUT2D eigenvalue weighted by atomic mass is 35.5. The summed E-state index contributed by atoms with van der Waals surface area (Å²) in [5.74, 6) is 0. The molecule has 0 spiro atoms. The van der Waals surface area contributed by atoms with Crippen LogP contribution in [-0.4, -0.2) is 9.97 Å². The van der Waals surface area contributed by atoms with E-state index in [9.17, 15) is 0 Å². The summed E-state index contributed by atoms with van der Waals surface area (Å²) >= 11 is 5.95. The maximum absolute atomic E-state index is 5.95. The van der Waals surface area contributed by atoms with Crippen LogP contribution in [0.3, 0.4) is 0 Å². The average molecular weight is 298 g/mol. The van der Waals surface area contributed by atoms with Crippen LogP contribution in [0, 0.1) is 0 Å². The number of hydrogen-bond donors (Lipinski definition) is 1. The third kappa shape index (κ3) is 3.14. The van der Waals surface area contributed by atoms with E-state index in [-0.39, 0.29) is 6.04 Å². The predicted octanol–water partition coefficient (Wildman–Crippen LogP) is 4.85. The fraction of sp³-hybridized carbons (Fsp3) is 0.176. The number of fused-ring (bicyclic) bond motifs is 1. The SMILES string of the molecule is CCC(Nc1ccc2nccnc2c1)c1ccc(Cl)cc1. The molecule has 1 N–H and O–H groups in total. The van der Waals surface area contributed by atoms with Crippen LogP contribution in [0.1, 0.15) is 24.9 Å². The molecule has 0 amide bonds. The van der Waals surface area contributed by atoms with E-state index in [0.29, 0.717) is 0 Å². The number of benzene rings is 2. The van der Waals surface area contributed by atoms with E-state index in [4.69, 9.17) is 11.6 Å². The topological polar surface area (TPSA) is 37.8 Å². The van der Waals surface area contributed by atoms with Crippen LogP contribution in [0.4, 0.5) is 5.69 Å². The maximum atomic E-state index is 5.95. The van der Waals surface area contributed by atoms with Crippen molar-refractivity contribution in [3.05, 3.63) is 65.4 Å². The molecule has 1 heterocycles. The van der Waals surface area contributed by atoms with Crippen molar-refractivity contribution < 1.29 is 0 Å². The van der Waals surface area contributed by atoms with Gasteiger partial charge in [0, 0.05) is 23.1 Å². The monoisotopic (exact) mass is 297 g/mol. The van der Waals surface area contributed by atoms with E-state index in [1.165, 1.54) is 5.56 Å². The maximum Gasteiger partial charge on any atom is 0.0907 e. The number of rotatable bonds is 4. The highest BCUT2D eigenvalue weighted by molar-refractivity contribution is 6.30. The van der Waals surface area contributed by atoms with Gasteiger partial charge < -0.3 is 5.32 Å². The van der Waals surface area contributed by atoms with Gasteiger partial charge in [0.05, 0.1) is 17.1 Å². The van der Waals surface area contributed by atoms with Crippen LogP contribution in [0.25, 0.3) is 11.0 Å². The lowest BCUT2D eigenvalue weighted by Gasteiger charge is -2.19. The number of aromatic nitrogens is 2. The number of nitrogens with one attached hydrogen (secondary N) is 1. The first-order valence-corrected chi connectivity index (χ1v) is 7.37. The quantitative estimate of drug-likeness (QED) is 0.748. The molecule has 2 aromatic carbocycles. The average Bonchev–Trinajstić information content (AvgIpc) is 2.53. The van der Waals surface area contributed by atoms with Crippen molar-refractivity contribution in [1.82, 2.24) is 9.97 Å². The fourth-order valence-electron chi connectivity index (χ4n) is 2.37. The third-order valence-electron chi connectivity index (χ3n) is 3.49. The molecular formula is C17H16ClN3. The van der Waals surface area contributed by atoms with E-state index >= 15 is 0 Å². The lowest BCUT2D eigenvalue weighted by Crippen LogP contribution is -2.09. The molecule has 0 aliphatic rings. The van der Waals surface area contributed by atoms with Gasteiger partial charge in [0.1, 0.15) is 0 Å². The van der Waals surface area contributed by atoms with Crippen molar-refractivity contribution in [3.8, 4) is 0 Å². The van der Waals surface area contributed by atoms with Crippen LogP contribution in [0.2, 0.25) is 5.02 Å². The van der Waals surface area contributed by atoms with E-state index in [0.717, 1.165) is 28.2 Å². The molecule has 1 atom stereocenters. The summed E-state index contributed by atoms with van der Waals surface area (Å²) < 4.78 is 0. The Hall–Kier alpha value is -2.13. The molecule has 0 fully saturated rings. The van der Waals surface area contributed by atoms with E-state index in [1.54, 1.807) is 12.4 Å². The Labute approximate surface area is 129 Å². The van der Waals surface area contributed by atoms with Gasteiger partial charge in [0.25, 0.3) is 0 Å². The molecule has 1 aromatic heterocycles. The van der Waals surface area contributed by atoms with Crippen molar-refractivity contribution in [2.75, 3.05) is 5.32 Å². The van der Waals surface area contributed by atoms with Gasteiger partial charge in [-0.2, -0.15) is 0 Å². The molecule has 0 saturated carbocycles. The van der Waals surface area contributed by atoms with E-state index < -0.39 is 0 Å². The minimum Gasteiger partial charge on any atom is -0.378 e. The molecular weight excluding hydrogens is 282 g/mol. The van der Waals surface area contributed by atoms with Crippen LogP contribution in [-0.2, 0) is 0 Å². The summed E-state index contributed by atoms with van der Waals surface area (Å²) in [4.78, 5) is 8.62. The van der Waals surface area contributed by atoms with Crippen molar-refractivity contribution in [3.63, 3.8) is 0 Å². The molecule has 3 nitrogen and oxygen atoms in total. The number of hydrogen-bond acceptors (Lipinski definition) is 3. The van der Waals surface area contributed by atoms with Crippen LogP contribution in [0.15, 0.2) is 54.9 Å². The zero-order valence-electron chi connectivity index (χ0n) is 11.8. The second kappa shape index (κ2) is 6.10. The molecule has 4 heteroatoms. The van der Waals surface area contributed by atoms with Gasteiger partial charge in [0.15, 0.2) is 0 Å². The van der Waals surface area contributed by atoms with Gasteiger partial charge in [-0.15, -0.1) is 0 Å². The van der Waals surface area contributed by atoms with E-state index in [1.807, 2.05) is 30.3 Å². The molecule has 0 aliphatic carbocycles. The zero-order valence-corrected chi connectivity index (χ0v) is 12.5. The van der Waals surface area contributed by atoms with Gasteiger partial charge >= 0.3 is 0 Å². The number of anilines is 1. The second-order valence-electron chi connectivity index (χ2n) is 4.92. The molecule has 21 heavy (non-hydrogen) atoms. The van der Waals surface area contributed by atoms with Gasteiger partial charge in [-0.1, -0.05) is 30.7 Å². The highest BCUT2D eigenvalue weighted by Crippen LogP contribution is 2.25. The Morgan fingerprint density at radius 3 is 2.43 bits per heavy atom. The standard InChI is InChI=1S/C17H16ClN3/c1-2-15(12-3-5-13(18)6-4-12)21-14-7-8-16-17(11-14)20-10-9-19-16/h3-11,15,21H,2H2,1H3. The molecule has 3 rings (SSSR count). The summed E-state index contributed by atoms with van der Waals surface area (Å²) in [6, 6.07) is 14.3. The number of halogens is 1.